The van der Waals surface area contributed by atoms with E-state index in [4.69, 9.17) is 0 Å². The number of thiazole rings is 1. The van der Waals surface area contributed by atoms with Crippen molar-refractivity contribution in [1.82, 2.24) is 15.6 Å². The standard InChI is InChI=1S/C17H23FN4S/c1-12-13(2)23-16(22-12)8-10-21-17(19-3)20-9-7-14-5-4-6-15(18)11-14/h4-6,11H,7-10H2,1-3H3,(H2,19,20,21). The van der Waals surface area contributed by atoms with Gasteiger partial charge in [-0.15, -0.1) is 11.3 Å². The first-order valence-electron chi connectivity index (χ1n) is 7.70. The van der Waals surface area contributed by atoms with E-state index in [1.807, 2.05) is 13.0 Å². The Kier molecular flexibility index (Phi) is 6.52. The molecule has 0 saturated carbocycles. The molecule has 0 atom stereocenters. The Labute approximate surface area is 140 Å². The topological polar surface area (TPSA) is 49.3 Å². The van der Waals surface area contributed by atoms with Crippen molar-refractivity contribution < 1.29 is 4.39 Å². The minimum absolute atomic E-state index is 0.195. The summed E-state index contributed by atoms with van der Waals surface area (Å²) in [4.78, 5) is 10.00. The molecule has 0 aliphatic carbocycles. The third kappa shape index (κ3) is 5.63. The van der Waals surface area contributed by atoms with Gasteiger partial charge in [0.15, 0.2) is 5.96 Å². The number of rotatable bonds is 6. The van der Waals surface area contributed by atoms with Crippen LogP contribution in [-0.4, -0.2) is 31.1 Å². The Balaban J connectivity index is 1.71. The highest BCUT2D eigenvalue weighted by atomic mass is 32.1. The van der Waals surface area contributed by atoms with Crippen molar-refractivity contribution in [1.29, 1.82) is 0 Å². The van der Waals surface area contributed by atoms with Crippen LogP contribution in [0.25, 0.3) is 0 Å². The number of benzene rings is 1. The highest BCUT2D eigenvalue weighted by Crippen LogP contribution is 2.16. The van der Waals surface area contributed by atoms with E-state index >= 15 is 0 Å². The van der Waals surface area contributed by atoms with E-state index in [0.29, 0.717) is 6.54 Å². The van der Waals surface area contributed by atoms with Crippen LogP contribution in [0, 0.1) is 19.7 Å². The molecule has 6 heteroatoms. The number of nitrogens with one attached hydrogen (secondary N) is 2. The van der Waals surface area contributed by atoms with Gasteiger partial charge in [0.2, 0.25) is 0 Å². The first-order valence-corrected chi connectivity index (χ1v) is 8.52. The maximum Gasteiger partial charge on any atom is 0.191 e. The van der Waals surface area contributed by atoms with Crippen molar-refractivity contribution in [3.63, 3.8) is 0 Å². The molecule has 0 bridgehead atoms. The van der Waals surface area contributed by atoms with Crippen LogP contribution >= 0.6 is 11.3 Å². The molecule has 1 aromatic heterocycles. The molecule has 1 aromatic carbocycles. The zero-order valence-electron chi connectivity index (χ0n) is 13.8. The Morgan fingerprint density at radius 3 is 2.57 bits per heavy atom. The largest absolute Gasteiger partial charge is 0.356 e. The SMILES string of the molecule is CN=C(NCCc1cccc(F)c1)NCCc1nc(C)c(C)s1. The average molecular weight is 334 g/mol. The summed E-state index contributed by atoms with van der Waals surface area (Å²) in [5.41, 5.74) is 2.09. The van der Waals surface area contributed by atoms with Gasteiger partial charge in [-0.1, -0.05) is 12.1 Å². The van der Waals surface area contributed by atoms with Crippen molar-refractivity contribution in [3.05, 3.63) is 51.2 Å². The van der Waals surface area contributed by atoms with Gasteiger partial charge < -0.3 is 10.6 Å². The number of nitrogens with zero attached hydrogens (tertiary/aromatic N) is 2. The minimum Gasteiger partial charge on any atom is -0.356 e. The number of hydrogen-bond acceptors (Lipinski definition) is 3. The lowest BCUT2D eigenvalue weighted by atomic mass is 10.1. The fourth-order valence-electron chi connectivity index (χ4n) is 2.17. The normalized spacial score (nSPS) is 11.6. The Morgan fingerprint density at radius 2 is 1.96 bits per heavy atom. The van der Waals surface area contributed by atoms with Crippen molar-refractivity contribution in [3.8, 4) is 0 Å². The lowest BCUT2D eigenvalue weighted by Gasteiger charge is -2.11. The second-order valence-electron chi connectivity index (χ2n) is 5.30. The molecule has 4 nitrogen and oxygen atoms in total. The van der Waals surface area contributed by atoms with Crippen molar-refractivity contribution >= 4 is 17.3 Å². The maximum absolute atomic E-state index is 13.1. The third-order valence-electron chi connectivity index (χ3n) is 3.52. The number of guanidine groups is 1. The van der Waals surface area contributed by atoms with E-state index in [0.717, 1.165) is 41.6 Å². The van der Waals surface area contributed by atoms with Crippen LogP contribution in [0.3, 0.4) is 0 Å². The minimum atomic E-state index is -0.195. The fraction of sp³-hybridized carbons (Fsp3) is 0.412. The van der Waals surface area contributed by atoms with Crippen molar-refractivity contribution in [2.24, 2.45) is 4.99 Å². The lowest BCUT2D eigenvalue weighted by Crippen LogP contribution is -2.39. The molecular formula is C17H23FN4S. The van der Waals surface area contributed by atoms with Gasteiger partial charge in [0.05, 0.1) is 10.7 Å². The quantitative estimate of drug-likeness (QED) is 0.631. The zero-order valence-corrected chi connectivity index (χ0v) is 14.6. The molecule has 0 unspecified atom stereocenters. The average Bonchev–Trinajstić information content (AvgIpc) is 2.84. The van der Waals surface area contributed by atoms with Gasteiger partial charge in [-0.2, -0.15) is 0 Å². The van der Waals surface area contributed by atoms with Crippen LogP contribution in [0.4, 0.5) is 4.39 Å². The molecule has 124 valence electrons. The Hall–Kier alpha value is -1.95. The number of halogens is 1. The van der Waals surface area contributed by atoms with Crippen molar-refractivity contribution in [2.45, 2.75) is 26.7 Å². The van der Waals surface area contributed by atoms with Gasteiger partial charge in [-0.3, -0.25) is 4.99 Å². The smallest absolute Gasteiger partial charge is 0.191 e. The molecule has 0 saturated heterocycles. The predicted molar refractivity (Wildman–Crippen MR) is 94.8 cm³/mol. The van der Waals surface area contributed by atoms with E-state index in [9.17, 15) is 4.39 Å². The van der Waals surface area contributed by atoms with Crippen LogP contribution in [0.2, 0.25) is 0 Å². The van der Waals surface area contributed by atoms with Gasteiger partial charge in [-0.05, 0) is 38.0 Å². The van der Waals surface area contributed by atoms with E-state index in [2.05, 4.69) is 27.5 Å². The number of hydrogen-bond donors (Lipinski definition) is 2. The van der Waals surface area contributed by atoms with E-state index < -0.39 is 0 Å². The lowest BCUT2D eigenvalue weighted by molar-refractivity contribution is 0.625. The summed E-state index contributed by atoms with van der Waals surface area (Å²) in [6.07, 6.45) is 1.63. The Morgan fingerprint density at radius 1 is 1.22 bits per heavy atom. The second-order valence-corrected chi connectivity index (χ2v) is 6.59. The van der Waals surface area contributed by atoms with Crippen LogP contribution in [0.1, 0.15) is 21.1 Å². The summed E-state index contributed by atoms with van der Waals surface area (Å²) < 4.78 is 13.1. The van der Waals surface area contributed by atoms with Crippen LogP contribution < -0.4 is 10.6 Å². The first-order chi connectivity index (χ1) is 11.1. The molecule has 0 fully saturated rings. The highest BCUT2D eigenvalue weighted by Gasteiger charge is 2.04. The molecule has 2 rings (SSSR count). The van der Waals surface area contributed by atoms with Gasteiger partial charge in [0, 0.05) is 31.4 Å². The molecule has 23 heavy (non-hydrogen) atoms. The summed E-state index contributed by atoms with van der Waals surface area (Å²) in [6.45, 7) is 5.62. The third-order valence-corrected chi connectivity index (χ3v) is 4.66. The summed E-state index contributed by atoms with van der Waals surface area (Å²) in [7, 11) is 1.75. The summed E-state index contributed by atoms with van der Waals surface area (Å²) in [5, 5.41) is 7.66. The van der Waals surface area contributed by atoms with Gasteiger partial charge >= 0.3 is 0 Å². The van der Waals surface area contributed by atoms with Crippen LogP contribution in [0.15, 0.2) is 29.3 Å². The highest BCUT2D eigenvalue weighted by molar-refractivity contribution is 7.11. The maximum atomic E-state index is 13.1. The zero-order chi connectivity index (χ0) is 16.7. The molecule has 2 N–H and O–H groups in total. The van der Waals surface area contributed by atoms with Crippen molar-refractivity contribution in [2.75, 3.05) is 20.1 Å². The number of aliphatic imine (C=N–C) groups is 1. The molecule has 2 aromatic rings. The number of aromatic nitrogens is 1. The summed E-state index contributed by atoms with van der Waals surface area (Å²) >= 11 is 1.74. The molecule has 0 radical (unpaired) electrons. The van der Waals surface area contributed by atoms with E-state index in [1.54, 1.807) is 30.5 Å². The van der Waals surface area contributed by atoms with Gasteiger partial charge in [-0.25, -0.2) is 9.37 Å². The monoisotopic (exact) mass is 334 g/mol. The molecule has 1 heterocycles. The van der Waals surface area contributed by atoms with Crippen LogP contribution in [-0.2, 0) is 12.8 Å². The molecule has 0 aliphatic rings. The molecule has 0 aliphatic heterocycles. The molecular weight excluding hydrogens is 311 g/mol. The predicted octanol–water partition coefficient (Wildman–Crippen LogP) is 2.85. The van der Waals surface area contributed by atoms with Gasteiger partial charge in [0.25, 0.3) is 0 Å². The summed E-state index contributed by atoms with van der Waals surface area (Å²) in [6, 6.07) is 6.67. The summed E-state index contributed by atoms with van der Waals surface area (Å²) in [5.74, 6) is 0.561. The fourth-order valence-corrected chi connectivity index (χ4v) is 3.11. The van der Waals surface area contributed by atoms with Crippen LogP contribution in [0.5, 0.6) is 0 Å². The number of aryl methyl sites for hydroxylation is 2. The van der Waals surface area contributed by atoms with E-state index in [-0.39, 0.29) is 5.82 Å². The second kappa shape index (κ2) is 8.62. The molecule has 0 spiro atoms. The van der Waals surface area contributed by atoms with E-state index in [1.165, 1.54) is 10.9 Å². The first kappa shape index (κ1) is 17.4. The Bertz CT molecular complexity index is 647. The van der Waals surface area contributed by atoms with Gasteiger partial charge in [0.1, 0.15) is 5.82 Å². The molecule has 0 amide bonds.